The van der Waals surface area contributed by atoms with Crippen molar-refractivity contribution in [3.63, 3.8) is 0 Å². The Morgan fingerprint density at radius 1 is 1.16 bits per heavy atom. The van der Waals surface area contributed by atoms with Gasteiger partial charge in [0.1, 0.15) is 5.82 Å². The third-order valence-electron chi connectivity index (χ3n) is 6.22. The zero-order valence-corrected chi connectivity index (χ0v) is 18.9. The van der Waals surface area contributed by atoms with Crippen LogP contribution in [0.2, 0.25) is 5.02 Å². The highest BCUT2D eigenvalue weighted by Crippen LogP contribution is 2.24. The Bertz CT molecular complexity index is 893. The molecular formula is C24H31ClN4O2. The predicted molar refractivity (Wildman–Crippen MR) is 123 cm³/mol. The second-order valence-electron chi connectivity index (χ2n) is 8.54. The molecule has 0 atom stereocenters. The molecule has 2 saturated heterocycles. The van der Waals surface area contributed by atoms with Crippen LogP contribution in [0.1, 0.15) is 41.3 Å². The van der Waals surface area contributed by atoms with Crippen LogP contribution >= 0.6 is 11.6 Å². The number of morpholine rings is 1. The number of benzene rings is 1. The molecule has 1 amide bonds. The molecule has 0 aliphatic carbocycles. The number of anilines is 1. The summed E-state index contributed by atoms with van der Waals surface area (Å²) in [5.41, 5.74) is 3.09. The summed E-state index contributed by atoms with van der Waals surface area (Å²) in [4.78, 5) is 21.4. The molecular weight excluding hydrogens is 412 g/mol. The van der Waals surface area contributed by atoms with E-state index in [9.17, 15) is 4.79 Å². The van der Waals surface area contributed by atoms with E-state index in [2.05, 4.69) is 46.4 Å². The van der Waals surface area contributed by atoms with E-state index < -0.39 is 0 Å². The van der Waals surface area contributed by atoms with Crippen LogP contribution in [0, 0.1) is 5.92 Å². The molecule has 1 aromatic carbocycles. The van der Waals surface area contributed by atoms with Gasteiger partial charge in [0, 0.05) is 32.4 Å². The van der Waals surface area contributed by atoms with Crippen LogP contribution in [0.5, 0.6) is 0 Å². The van der Waals surface area contributed by atoms with Gasteiger partial charge in [-0.05, 0) is 49.0 Å². The van der Waals surface area contributed by atoms with Crippen molar-refractivity contribution in [1.82, 2.24) is 14.8 Å². The zero-order chi connectivity index (χ0) is 21.6. The highest BCUT2D eigenvalue weighted by molar-refractivity contribution is 6.33. The normalized spacial score (nSPS) is 18.2. The number of nitrogens with one attached hydrogen (secondary N) is 1. The lowest BCUT2D eigenvalue weighted by Crippen LogP contribution is -2.40. The molecule has 31 heavy (non-hydrogen) atoms. The largest absolute Gasteiger partial charge is 0.378 e. The number of pyridine rings is 1. The minimum Gasteiger partial charge on any atom is -0.378 e. The van der Waals surface area contributed by atoms with Gasteiger partial charge in [0.2, 0.25) is 0 Å². The molecule has 0 bridgehead atoms. The Labute approximate surface area is 189 Å². The lowest BCUT2D eigenvalue weighted by atomic mass is 9.98. The summed E-state index contributed by atoms with van der Waals surface area (Å²) in [7, 11) is 0. The highest BCUT2D eigenvalue weighted by atomic mass is 35.5. The molecule has 0 unspecified atom stereocenters. The molecule has 2 aliphatic rings. The van der Waals surface area contributed by atoms with Crippen LogP contribution in [0.4, 0.5) is 5.82 Å². The topological polar surface area (TPSA) is 57.7 Å². The standard InChI is InChI=1S/C24H31ClN4O2/c1-18-6-8-28(9-7-18)17-20-5-3-2-4-19(20)15-26-23-22(25)14-21(16-27-23)24(30)29-10-12-31-13-11-29/h2-5,14,16,18H,6-13,15,17H2,1H3,(H,26,27). The third-order valence-corrected chi connectivity index (χ3v) is 6.51. The van der Waals surface area contributed by atoms with E-state index in [4.69, 9.17) is 16.3 Å². The van der Waals surface area contributed by atoms with Crippen LogP contribution in [-0.2, 0) is 17.8 Å². The van der Waals surface area contributed by atoms with Crippen molar-refractivity contribution in [3.8, 4) is 0 Å². The number of carbonyl (C=O) groups excluding carboxylic acids is 1. The van der Waals surface area contributed by atoms with Gasteiger partial charge in [-0.3, -0.25) is 9.69 Å². The summed E-state index contributed by atoms with van der Waals surface area (Å²) < 4.78 is 5.32. The molecule has 0 spiro atoms. The summed E-state index contributed by atoms with van der Waals surface area (Å²) in [6.45, 7) is 8.62. The lowest BCUT2D eigenvalue weighted by Gasteiger charge is -2.30. The lowest BCUT2D eigenvalue weighted by molar-refractivity contribution is 0.0302. The monoisotopic (exact) mass is 442 g/mol. The first-order valence-electron chi connectivity index (χ1n) is 11.2. The fourth-order valence-electron chi connectivity index (χ4n) is 4.16. The summed E-state index contributed by atoms with van der Waals surface area (Å²) >= 11 is 6.46. The second kappa shape index (κ2) is 10.4. The van der Waals surface area contributed by atoms with Gasteiger partial charge in [-0.2, -0.15) is 0 Å². The van der Waals surface area contributed by atoms with Gasteiger partial charge >= 0.3 is 0 Å². The second-order valence-corrected chi connectivity index (χ2v) is 8.95. The number of halogens is 1. The molecule has 2 aromatic rings. The highest BCUT2D eigenvalue weighted by Gasteiger charge is 2.20. The third kappa shape index (κ3) is 5.76. The number of nitrogens with zero attached hydrogens (tertiary/aromatic N) is 3. The summed E-state index contributed by atoms with van der Waals surface area (Å²) in [6.07, 6.45) is 4.15. The minimum absolute atomic E-state index is 0.0505. The van der Waals surface area contributed by atoms with E-state index in [1.165, 1.54) is 24.0 Å². The number of piperidine rings is 1. The number of ether oxygens (including phenoxy) is 1. The Hall–Kier alpha value is -2.15. The molecule has 0 radical (unpaired) electrons. The zero-order valence-electron chi connectivity index (χ0n) is 18.1. The van der Waals surface area contributed by atoms with Gasteiger partial charge in [-0.15, -0.1) is 0 Å². The Morgan fingerprint density at radius 2 is 1.87 bits per heavy atom. The Morgan fingerprint density at radius 3 is 2.58 bits per heavy atom. The number of hydrogen-bond acceptors (Lipinski definition) is 5. The Balaban J connectivity index is 1.38. The number of hydrogen-bond donors (Lipinski definition) is 1. The molecule has 0 saturated carbocycles. The van der Waals surface area contributed by atoms with Gasteiger partial charge in [-0.1, -0.05) is 42.8 Å². The smallest absolute Gasteiger partial charge is 0.255 e. The van der Waals surface area contributed by atoms with Gasteiger partial charge in [0.25, 0.3) is 5.91 Å². The van der Waals surface area contributed by atoms with Crippen LogP contribution in [-0.4, -0.2) is 60.1 Å². The van der Waals surface area contributed by atoms with Crippen molar-refractivity contribution in [2.75, 3.05) is 44.7 Å². The quantitative estimate of drug-likeness (QED) is 0.731. The first-order chi connectivity index (χ1) is 15.1. The average Bonchev–Trinajstić information content (AvgIpc) is 2.80. The summed E-state index contributed by atoms with van der Waals surface area (Å²) in [5.74, 6) is 1.38. The van der Waals surface area contributed by atoms with Crippen molar-refractivity contribution in [3.05, 3.63) is 58.2 Å². The Kier molecular flexibility index (Phi) is 7.43. The molecule has 166 valence electrons. The van der Waals surface area contributed by atoms with E-state index in [1.54, 1.807) is 17.2 Å². The SMILES string of the molecule is CC1CCN(Cc2ccccc2CNc2ncc(C(=O)N3CCOCC3)cc2Cl)CC1. The minimum atomic E-state index is -0.0505. The summed E-state index contributed by atoms with van der Waals surface area (Å²) in [6, 6.07) is 10.2. The first-order valence-corrected chi connectivity index (χ1v) is 11.5. The molecule has 2 aliphatic heterocycles. The van der Waals surface area contributed by atoms with Gasteiger partial charge in [0.05, 0.1) is 23.8 Å². The maximum atomic E-state index is 12.6. The van der Waals surface area contributed by atoms with E-state index in [-0.39, 0.29) is 5.91 Å². The number of likely N-dealkylation sites (tertiary alicyclic amines) is 1. The van der Waals surface area contributed by atoms with Crippen molar-refractivity contribution >= 4 is 23.3 Å². The number of rotatable bonds is 6. The van der Waals surface area contributed by atoms with Crippen LogP contribution in [0.15, 0.2) is 36.5 Å². The molecule has 1 aromatic heterocycles. The van der Waals surface area contributed by atoms with Crippen molar-refractivity contribution < 1.29 is 9.53 Å². The molecule has 3 heterocycles. The molecule has 6 nitrogen and oxygen atoms in total. The van der Waals surface area contributed by atoms with E-state index >= 15 is 0 Å². The number of carbonyl (C=O) groups is 1. The maximum absolute atomic E-state index is 12.6. The molecule has 1 N–H and O–H groups in total. The number of aromatic nitrogens is 1. The van der Waals surface area contributed by atoms with E-state index in [0.29, 0.717) is 49.3 Å². The van der Waals surface area contributed by atoms with Gasteiger partial charge in [0.15, 0.2) is 0 Å². The summed E-state index contributed by atoms with van der Waals surface area (Å²) in [5, 5.41) is 3.81. The first kappa shape index (κ1) is 22.1. The van der Waals surface area contributed by atoms with Crippen LogP contribution in [0.3, 0.4) is 0 Å². The molecule has 4 rings (SSSR count). The van der Waals surface area contributed by atoms with Crippen molar-refractivity contribution in [1.29, 1.82) is 0 Å². The van der Waals surface area contributed by atoms with Gasteiger partial charge < -0.3 is 15.0 Å². The van der Waals surface area contributed by atoms with E-state index in [1.807, 2.05) is 0 Å². The number of amides is 1. The van der Waals surface area contributed by atoms with Crippen LogP contribution in [0.25, 0.3) is 0 Å². The van der Waals surface area contributed by atoms with E-state index in [0.717, 1.165) is 25.6 Å². The predicted octanol–water partition coefficient (Wildman–Crippen LogP) is 4.05. The van der Waals surface area contributed by atoms with Crippen molar-refractivity contribution in [2.45, 2.75) is 32.9 Å². The fourth-order valence-corrected chi connectivity index (χ4v) is 4.39. The van der Waals surface area contributed by atoms with Crippen molar-refractivity contribution in [2.24, 2.45) is 5.92 Å². The molecule has 7 heteroatoms. The molecule has 2 fully saturated rings. The maximum Gasteiger partial charge on any atom is 0.255 e. The van der Waals surface area contributed by atoms with Gasteiger partial charge in [-0.25, -0.2) is 4.98 Å². The fraction of sp³-hybridized carbons (Fsp3) is 0.500. The average molecular weight is 443 g/mol. The van der Waals surface area contributed by atoms with Crippen LogP contribution < -0.4 is 5.32 Å².